The van der Waals surface area contributed by atoms with E-state index in [0.29, 0.717) is 11.5 Å². The van der Waals surface area contributed by atoms with Crippen LogP contribution in [0.4, 0.5) is 5.95 Å². The average Bonchev–Trinajstić information content (AvgIpc) is 2.49. The number of hydrogen-bond donors (Lipinski definition) is 1. The van der Waals surface area contributed by atoms with Crippen molar-refractivity contribution in [2.45, 2.75) is 33.8 Å². The van der Waals surface area contributed by atoms with E-state index in [2.05, 4.69) is 47.0 Å². The molecule has 0 amide bonds. The SMILES string of the molecule is Cc1ccc(-c2cnc3nc(N)nc(OC(C)C)c3c2)cc1C. The van der Waals surface area contributed by atoms with Gasteiger partial charge in [-0.2, -0.15) is 9.97 Å². The van der Waals surface area contributed by atoms with Crippen molar-refractivity contribution in [3.05, 3.63) is 41.6 Å². The Hall–Kier alpha value is -2.69. The molecular formula is C18H20N4O. The molecular weight excluding hydrogens is 288 g/mol. The Morgan fingerprint density at radius 1 is 1.00 bits per heavy atom. The number of anilines is 1. The number of ether oxygens (including phenoxy) is 1. The molecule has 0 spiro atoms. The zero-order valence-electron chi connectivity index (χ0n) is 13.8. The lowest BCUT2D eigenvalue weighted by molar-refractivity contribution is 0.236. The van der Waals surface area contributed by atoms with Gasteiger partial charge in [-0.1, -0.05) is 18.2 Å². The first-order valence-corrected chi connectivity index (χ1v) is 7.61. The van der Waals surface area contributed by atoms with Crippen LogP contribution >= 0.6 is 0 Å². The van der Waals surface area contributed by atoms with Crippen molar-refractivity contribution in [2.75, 3.05) is 5.73 Å². The summed E-state index contributed by atoms with van der Waals surface area (Å²) in [5, 5.41) is 0.767. The summed E-state index contributed by atoms with van der Waals surface area (Å²) in [6.07, 6.45) is 1.80. The van der Waals surface area contributed by atoms with E-state index in [4.69, 9.17) is 10.5 Å². The Balaban J connectivity index is 2.16. The Bertz CT molecular complexity index is 874. The molecule has 3 aromatic rings. The number of aromatic nitrogens is 3. The van der Waals surface area contributed by atoms with Gasteiger partial charge in [-0.25, -0.2) is 4.98 Å². The summed E-state index contributed by atoms with van der Waals surface area (Å²) in [6, 6.07) is 8.36. The first-order chi connectivity index (χ1) is 10.9. The molecule has 0 bridgehead atoms. The quantitative estimate of drug-likeness (QED) is 0.799. The number of rotatable bonds is 3. The summed E-state index contributed by atoms with van der Waals surface area (Å²) in [4.78, 5) is 12.8. The number of pyridine rings is 1. The summed E-state index contributed by atoms with van der Waals surface area (Å²) in [5.41, 5.74) is 10.9. The predicted octanol–water partition coefficient (Wildman–Crippen LogP) is 3.68. The highest BCUT2D eigenvalue weighted by atomic mass is 16.5. The molecule has 5 nitrogen and oxygen atoms in total. The zero-order chi connectivity index (χ0) is 16.6. The monoisotopic (exact) mass is 308 g/mol. The minimum atomic E-state index is -0.00206. The summed E-state index contributed by atoms with van der Waals surface area (Å²) in [5.74, 6) is 0.639. The Morgan fingerprint density at radius 2 is 1.78 bits per heavy atom. The normalized spacial score (nSPS) is 11.2. The number of fused-ring (bicyclic) bond motifs is 1. The van der Waals surface area contributed by atoms with E-state index in [9.17, 15) is 0 Å². The van der Waals surface area contributed by atoms with Crippen molar-refractivity contribution in [1.29, 1.82) is 0 Å². The van der Waals surface area contributed by atoms with Gasteiger partial charge >= 0.3 is 0 Å². The number of hydrogen-bond acceptors (Lipinski definition) is 5. The van der Waals surface area contributed by atoms with Gasteiger partial charge in [-0.15, -0.1) is 0 Å². The molecule has 0 atom stereocenters. The first kappa shape index (κ1) is 15.2. The van der Waals surface area contributed by atoms with Crippen LogP contribution in [0.2, 0.25) is 0 Å². The average molecular weight is 308 g/mol. The molecule has 0 fully saturated rings. The van der Waals surface area contributed by atoms with Crippen LogP contribution in [0.15, 0.2) is 30.5 Å². The molecule has 2 heterocycles. The third kappa shape index (κ3) is 3.08. The van der Waals surface area contributed by atoms with Gasteiger partial charge in [0.2, 0.25) is 11.8 Å². The smallest absolute Gasteiger partial charge is 0.228 e. The van der Waals surface area contributed by atoms with Crippen molar-refractivity contribution < 1.29 is 4.74 Å². The summed E-state index contributed by atoms with van der Waals surface area (Å²) in [6.45, 7) is 8.10. The van der Waals surface area contributed by atoms with Gasteiger partial charge in [0.05, 0.1) is 11.5 Å². The van der Waals surface area contributed by atoms with Crippen LogP contribution in [-0.4, -0.2) is 21.1 Å². The van der Waals surface area contributed by atoms with Crippen LogP contribution < -0.4 is 10.5 Å². The van der Waals surface area contributed by atoms with E-state index < -0.39 is 0 Å². The lowest BCUT2D eigenvalue weighted by atomic mass is 10.0. The Kier molecular flexibility index (Phi) is 3.86. The minimum Gasteiger partial charge on any atom is -0.474 e. The highest BCUT2D eigenvalue weighted by Gasteiger charge is 2.12. The van der Waals surface area contributed by atoms with Crippen LogP contribution in [0.1, 0.15) is 25.0 Å². The molecule has 1 aromatic carbocycles. The molecule has 5 heteroatoms. The number of nitrogens with zero attached hydrogens (tertiary/aromatic N) is 3. The maximum absolute atomic E-state index is 5.77. The van der Waals surface area contributed by atoms with E-state index in [1.165, 1.54) is 11.1 Å². The van der Waals surface area contributed by atoms with Crippen LogP contribution in [-0.2, 0) is 0 Å². The number of nitrogen functional groups attached to an aromatic ring is 1. The van der Waals surface area contributed by atoms with Crippen molar-refractivity contribution in [3.63, 3.8) is 0 Å². The van der Waals surface area contributed by atoms with Crippen LogP contribution in [0, 0.1) is 13.8 Å². The Morgan fingerprint density at radius 3 is 2.48 bits per heavy atom. The first-order valence-electron chi connectivity index (χ1n) is 7.61. The van der Waals surface area contributed by atoms with Gasteiger partial charge in [0, 0.05) is 11.8 Å². The molecule has 0 aliphatic rings. The number of benzene rings is 1. The molecule has 0 radical (unpaired) electrons. The third-order valence-corrected chi connectivity index (χ3v) is 3.72. The topological polar surface area (TPSA) is 73.9 Å². The predicted molar refractivity (Wildman–Crippen MR) is 92.4 cm³/mol. The largest absolute Gasteiger partial charge is 0.474 e. The number of aryl methyl sites for hydroxylation is 2. The molecule has 2 aromatic heterocycles. The molecule has 3 rings (SSSR count). The zero-order valence-corrected chi connectivity index (χ0v) is 13.8. The molecule has 0 saturated heterocycles. The van der Waals surface area contributed by atoms with Crippen LogP contribution in [0.25, 0.3) is 22.2 Å². The fourth-order valence-electron chi connectivity index (χ4n) is 2.39. The molecule has 0 saturated carbocycles. The Labute approximate surface area is 135 Å². The van der Waals surface area contributed by atoms with E-state index in [1.807, 2.05) is 19.9 Å². The van der Waals surface area contributed by atoms with Crippen LogP contribution in [0.3, 0.4) is 0 Å². The maximum atomic E-state index is 5.77. The summed E-state index contributed by atoms with van der Waals surface area (Å²) in [7, 11) is 0. The van der Waals surface area contributed by atoms with Gasteiger partial charge < -0.3 is 10.5 Å². The second kappa shape index (κ2) is 5.83. The maximum Gasteiger partial charge on any atom is 0.228 e. The molecule has 23 heavy (non-hydrogen) atoms. The van der Waals surface area contributed by atoms with Gasteiger partial charge in [0.1, 0.15) is 0 Å². The molecule has 118 valence electrons. The van der Waals surface area contributed by atoms with Gasteiger partial charge in [-0.05, 0) is 50.5 Å². The van der Waals surface area contributed by atoms with E-state index in [0.717, 1.165) is 16.5 Å². The summed E-state index contributed by atoms with van der Waals surface area (Å²) >= 11 is 0. The standard InChI is InChI=1S/C18H20N4O/c1-10(2)23-17-15-8-14(9-20-16(15)21-18(19)22-17)13-6-5-11(3)12(4)7-13/h5-10H,1-4H3,(H2,19,20,21,22). The highest BCUT2D eigenvalue weighted by molar-refractivity contribution is 5.85. The summed E-state index contributed by atoms with van der Waals surface area (Å²) < 4.78 is 5.77. The second-order valence-corrected chi connectivity index (χ2v) is 5.95. The molecule has 2 N–H and O–H groups in total. The van der Waals surface area contributed by atoms with Gasteiger partial charge in [0.25, 0.3) is 0 Å². The molecule has 0 unspecified atom stereocenters. The molecule has 0 aliphatic carbocycles. The van der Waals surface area contributed by atoms with Crippen molar-refractivity contribution in [2.24, 2.45) is 0 Å². The van der Waals surface area contributed by atoms with Gasteiger partial charge in [-0.3, -0.25) is 0 Å². The van der Waals surface area contributed by atoms with Crippen molar-refractivity contribution in [3.8, 4) is 17.0 Å². The van der Waals surface area contributed by atoms with E-state index >= 15 is 0 Å². The van der Waals surface area contributed by atoms with E-state index in [1.54, 1.807) is 6.20 Å². The highest BCUT2D eigenvalue weighted by Crippen LogP contribution is 2.29. The number of nitrogens with two attached hydrogens (primary N) is 1. The lowest BCUT2D eigenvalue weighted by Gasteiger charge is -2.12. The van der Waals surface area contributed by atoms with Crippen molar-refractivity contribution in [1.82, 2.24) is 15.0 Å². The van der Waals surface area contributed by atoms with Gasteiger partial charge in [0.15, 0.2) is 5.65 Å². The van der Waals surface area contributed by atoms with Crippen molar-refractivity contribution >= 4 is 17.0 Å². The van der Waals surface area contributed by atoms with Crippen LogP contribution in [0.5, 0.6) is 5.88 Å². The second-order valence-electron chi connectivity index (χ2n) is 5.95. The molecule has 0 aliphatic heterocycles. The fourth-order valence-corrected chi connectivity index (χ4v) is 2.39. The van der Waals surface area contributed by atoms with E-state index in [-0.39, 0.29) is 12.1 Å². The lowest BCUT2D eigenvalue weighted by Crippen LogP contribution is -2.09. The fraction of sp³-hybridized carbons (Fsp3) is 0.278. The third-order valence-electron chi connectivity index (χ3n) is 3.72. The minimum absolute atomic E-state index is 0.00206.